The largest absolute Gasteiger partial charge is 0.324 e. The lowest BCUT2D eigenvalue weighted by atomic mass is 10.3. The summed E-state index contributed by atoms with van der Waals surface area (Å²) < 4.78 is 0.691. The number of nitrogens with one attached hydrogen (secondary N) is 1. The van der Waals surface area contributed by atoms with E-state index < -0.39 is 0 Å². The quantitative estimate of drug-likeness (QED) is 0.900. The first-order chi connectivity index (χ1) is 6.63. The van der Waals surface area contributed by atoms with Gasteiger partial charge >= 0.3 is 0 Å². The van der Waals surface area contributed by atoms with Gasteiger partial charge < -0.3 is 5.32 Å². The standard InChI is InChI=1S/C9H6BrClN2O/c10-7-5-6(11)1-2-8(7)13-9(14)3-4-12/h1-2,5H,3H2,(H,13,14). The molecule has 0 fully saturated rings. The number of halogens is 2. The first-order valence-corrected chi connectivity index (χ1v) is 4.92. The van der Waals surface area contributed by atoms with Crippen LogP contribution in [-0.4, -0.2) is 5.91 Å². The molecule has 1 N–H and O–H groups in total. The predicted octanol–water partition coefficient (Wildman–Crippen LogP) is 2.95. The summed E-state index contributed by atoms with van der Waals surface area (Å²) in [4.78, 5) is 11.1. The van der Waals surface area contributed by atoms with Crippen molar-refractivity contribution in [2.45, 2.75) is 6.42 Å². The van der Waals surface area contributed by atoms with Gasteiger partial charge in [0.15, 0.2) is 0 Å². The molecule has 14 heavy (non-hydrogen) atoms. The van der Waals surface area contributed by atoms with Gasteiger partial charge in [0.25, 0.3) is 0 Å². The second kappa shape index (κ2) is 4.99. The van der Waals surface area contributed by atoms with Crippen LogP contribution >= 0.6 is 27.5 Å². The fourth-order valence-corrected chi connectivity index (χ4v) is 1.64. The molecule has 3 nitrogen and oxygen atoms in total. The molecule has 0 saturated carbocycles. The first-order valence-electron chi connectivity index (χ1n) is 3.75. The Morgan fingerprint density at radius 2 is 2.36 bits per heavy atom. The molecular formula is C9H6BrClN2O. The lowest BCUT2D eigenvalue weighted by molar-refractivity contribution is -0.115. The minimum absolute atomic E-state index is 0.158. The second-order valence-corrected chi connectivity index (χ2v) is 3.80. The van der Waals surface area contributed by atoms with Gasteiger partial charge in [0.05, 0.1) is 11.8 Å². The lowest BCUT2D eigenvalue weighted by Gasteiger charge is -2.05. The zero-order valence-corrected chi connectivity index (χ0v) is 9.39. The monoisotopic (exact) mass is 272 g/mol. The normalized spacial score (nSPS) is 9.21. The van der Waals surface area contributed by atoms with Crippen molar-refractivity contribution in [3.63, 3.8) is 0 Å². The van der Waals surface area contributed by atoms with Gasteiger partial charge in [0, 0.05) is 9.50 Å². The van der Waals surface area contributed by atoms with E-state index in [0.29, 0.717) is 15.2 Å². The molecule has 0 aromatic heterocycles. The first kappa shape index (κ1) is 11.0. The Balaban J connectivity index is 2.78. The Kier molecular flexibility index (Phi) is 3.93. The third-order valence-electron chi connectivity index (χ3n) is 1.44. The van der Waals surface area contributed by atoms with Gasteiger partial charge in [0.2, 0.25) is 5.91 Å². The summed E-state index contributed by atoms with van der Waals surface area (Å²) in [7, 11) is 0. The number of carbonyl (C=O) groups is 1. The molecule has 0 radical (unpaired) electrons. The topological polar surface area (TPSA) is 52.9 Å². The molecule has 72 valence electrons. The van der Waals surface area contributed by atoms with Crippen LogP contribution < -0.4 is 5.32 Å². The fraction of sp³-hybridized carbons (Fsp3) is 0.111. The molecule has 0 heterocycles. The van der Waals surface area contributed by atoms with Crippen LogP contribution in [0.1, 0.15) is 6.42 Å². The van der Waals surface area contributed by atoms with E-state index in [0.717, 1.165) is 0 Å². The van der Waals surface area contributed by atoms with Gasteiger partial charge in [0.1, 0.15) is 6.42 Å². The van der Waals surface area contributed by atoms with Crippen molar-refractivity contribution >= 4 is 39.1 Å². The zero-order valence-electron chi connectivity index (χ0n) is 7.05. The maximum atomic E-state index is 11.1. The van der Waals surface area contributed by atoms with Crippen LogP contribution in [0.4, 0.5) is 5.69 Å². The Hall–Kier alpha value is -1.05. The summed E-state index contributed by atoms with van der Waals surface area (Å²) >= 11 is 8.96. The molecule has 1 rings (SSSR count). The van der Waals surface area contributed by atoms with Crippen molar-refractivity contribution in [3.05, 3.63) is 27.7 Å². The molecule has 1 amide bonds. The smallest absolute Gasteiger partial charge is 0.238 e. The molecule has 0 saturated heterocycles. The number of carbonyl (C=O) groups excluding carboxylic acids is 1. The van der Waals surface area contributed by atoms with Gasteiger partial charge in [-0.2, -0.15) is 5.26 Å². The summed E-state index contributed by atoms with van der Waals surface area (Å²) in [6.07, 6.45) is -0.158. The average molecular weight is 274 g/mol. The molecule has 1 aromatic carbocycles. The highest BCUT2D eigenvalue weighted by Crippen LogP contribution is 2.25. The van der Waals surface area contributed by atoms with E-state index >= 15 is 0 Å². The molecule has 0 aliphatic carbocycles. The maximum Gasteiger partial charge on any atom is 0.238 e. The number of hydrogen-bond donors (Lipinski definition) is 1. The van der Waals surface area contributed by atoms with Crippen molar-refractivity contribution < 1.29 is 4.79 Å². The van der Waals surface area contributed by atoms with E-state index in [2.05, 4.69) is 21.2 Å². The number of benzene rings is 1. The van der Waals surface area contributed by atoms with Gasteiger partial charge in [-0.3, -0.25) is 4.79 Å². The summed E-state index contributed by atoms with van der Waals surface area (Å²) in [5.41, 5.74) is 0.606. The predicted molar refractivity (Wildman–Crippen MR) is 58.0 cm³/mol. The van der Waals surface area contributed by atoms with Crippen LogP contribution in [0.25, 0.3) is 0 Å². The summed E-state index contributed by atoms with van der Waals surface area (Å²) in [5.74, 6) is -0.337. The van der Waals surface area contributed by atoms with E-state index in [4.69, 9.17) is 16.9 Å². The van der Waals surface area contributed by atoms with Crippen molar-refractivity contribution in [1.29, 1.82) is 5.26 Å². The molecule has 5 heteroatoms. The molecule has 0 bridgehead atoms. The van der Waals surface area contributed by atoms with Crippen molar-refractivity contribution in [2.24, 2.45) is 0 Å². The van der Waals surface area contributed by atoms with Gasteiger partial charge in [-0.25, -0.2) is 0 Å². The second-order valence-electron chi connectivity index (χ2n) is 2.51. The SMILES string of the molecule is N#CCC(=O)Nc1ccc(Cl)cc1Br. The Labute approximate surface area is 94.8 Å². The van der Waals surface area contributed by atoms with Crippen LogP contribution in [0.3, 0.4) is 0 Å². The van der Waals surface area contributed by atoms with Crippen LogP contribution in [0.2, 0.25) is 5.02 Å². The average Bonchev–Trinajstić information content (AvgIpc) is 2.10. The number of nitriles is 1. The molecule has 0 aliphatic rings. The van der Waals surface area contributed by atoms with E-state index in [9.17, 15) is 4.79 Å². The van der Waals surface area contributed by atoms with Crippen LogP contribution in [0, 0.1) is 11.3 Å². The van der Waals surface area contributed by atoms with Crippen molar-refractivity contribution in [2.75, 3.05) is 5.32 Å². The minimum Gasteiger partial charge on any atom is -0.324 e. The summed E-state index contributed by atoms with van der Waals surface area (Å²) in [5, 5.41) is 11.4. The summed E-state index contributed by atoms with van der Waals surface area (Å²) in [6.45, 7) is 0. The highest BCUT2D eigenvalue weighted by atomic mass is 79.9. The zero-order chi connectivity index (χ0) is 10.6. The number of rotatable bonds is 2. The molecule has 0 spiro atoms. The highest BCUT2D eigenvalue weighted by molar-refractivity contribution is 9.10. The Bertz CT molecular complexity index is 400. The Morgan fingerprint density at radius 3 is 2.93 bits per heavy atom. The van der Waals surface area contributed by atoms with Crippen LogP contribution in [0.15, 0.2) is 22.7 Å². The lowest BCUT2D eigenvalue weighted by Crippen LogP contribution is -2.10. The van der Waals surface area contributed by atoms with Crippen molar-refractivity contribution in [3.8, 4) is 6.07 Å². The highest BCUT2D eigenvalue weighted by Gasteiger charge is 2.04. The van der Waals surface area contributed by atoms with E-state index in [1.54, 1.807) is 24.3 Å². The van der Waals surface area contributed by atoms with E-state index in [1.165, 1.54) is 0 Å². The van der Waals surface area contributed by atoms with Gasteiger partial charge in [-0.1, -0.05) is 11.6 Å². The number of hydrogen-bond acceptors (Lipinski definition) is 2. The Morgan fingerprint density at radius 1 is 1.64 bits per heavy atom. The number of anilines is 1. The number of nitrogens with zero attached hydrogens (tertiary/aromatic N) is 1. The summed E-state index contributed by atoms with van der Waals surface area (Å²) in [6, 6.07) is 6.76. The molecule has 0 unspecified atom stereocenters. The van der Waals surface area contributed by atoms with Gasteiger partial charge in [-0.15, -0.1) is 0 Å². The van der Waals surface area contributed by atoms with Crippen LogP contribution in [0.5, 0.6) is 0 Å². The fourth-order valence-electron chi connectivity index (χ4n) is 0.857. The molecule has 0 aliphatic heterocycles. The molecule has 1 aromatic rings. The third-order valence-corrected chi connectivity index (χ3v) is 2.34. The number of amides is 1. The minimum atomic E-state index is -0.337. The molecule has 0 atom stereocenters. The maximum absolute atomic E-state index is 11.1. The van der Waals surface area contributed by atoms with Crippen LogP contribution in [-0.2, 0) is 4.79 Å². The molecular weight excluding hydrogens is 267 g/mol. The third kappa shape index (κ3) is 3.02. The van der Waals surface area contributed by atoms with E-state index in [-0.39, 0.29) is 12.3 Å². The van der Waals surface area contributed by atoms with E-state index in [1.807, 2.05) is 0 Å². The van der Waals surface area contributed by atoms with Crippen molar-refractivity contribution in [1.82, 2.24) is 0 Å². The van der Waals surface area contributed by atoms with Gasteiger partial charge in [-0.05, 0) is 34.1 Å².